The molecule has 0 saturated heterocycles. The molecule has 0 aliphatic heterocycles. The highest BCUT2D eigenvalue weighted by atomic mass is 32.1. The molecule has 0 aliphatic rings. The van der Waals surface area contributed by atoms with Crippen LogP contribution in [0.25, 0.3) is 27.3 Å². The quantitative estimate of drug-likeness (QED) is 0.429. The summed E-state index contributed by atoms with van der Waals surface area (Å²) in [5.74, 6) is -0.442. The van der Waals surface area contributed by atoms with E-state index in [9.17, 15) is 18.3 Å². The topological polar surface area (TPSA) is 103 Å². The number of aliphatic hydroxyl groups is 1. The van der Waals surface area contributed by atoms with Gasteiger partial charge in [-0.1, -0.05) is 24.3 Å². The van der Waals surface area contributed by atoms with Crippen LogP contribution in [0, 0.1) is 6.92 Å². The minimum Gasteiger partial charge on any atom is -0.422 e. The number of nitrogens with zero attached hydrogens (tertiary/aromatic N) is 4. The van der Waals surface area contributed by atoms with Crippen molar-refractivity contribution in [1.82, 2.24) is 19.7 Å². The molecule has 1 atom stereocenters. The van der Waals surface area contributed by atoms with Crippen LogP contribution in [0.4, 0.5) is 19.0 Å². The van der Waals surface area contributed by atoms with Crippen LogP contribution in [-0.2, 0) is 5.60 Å². The van der Waals surface area contributed by atoms with Crippen molar-refractivity contribution in [3.8, 4) is 6.01 Å². The van der Waals surface area contributed by atoms with Gasteiger partial charge in [0.15, 0.2) is 5.58 Å². The first-order valence-corrected chi connectivity index (χ1v) is 9.88. The summed E-state index contributed by atoms with van der Waals surface area (Å²) in [5, 5.41) is 14.6. The molecular weight excluding hydrogens is 431 g/mol. The number of fused-ring (bicyclic) bond motifs is 2. The predicted molar refractivity (Wildman–Crippen MR) is 109 cm³/mol. The first-order valence-electron chi connectivity index (χ1n) is 9.07. The number of alkyl halides is 3. The molecule has 0 unspecified atom stereocenters. The molecule has 0 aliphatic carbocycles. The second-order valence-corrected chi connectivity index (χ2v) is 7.95. The Morgan fingerprint density at radius 2 is 1.71 bits per heavy atom. The van der Waals surface area contributed by atoms with E-state index in [-0.39, 0.29) is 11.7 Å². The normalized spacial score (nSPS) is 14.4. The lowest BCUT2D eigenvalue weighted by molar-refractivity contribution is -0.248. The summed E-state index contributed by atoms with van der Waals surface area (Å²) in [5.41, 5.74) is 3.14. The van der Waals surface area contributed by atoms with Gasteiger partial charge in [-0.15, -0.1) is 11.3 Å². The third-order valence-corrected chi connectivity index (χ3v) is 6.08. The molecule has 0 saturated carbocycles. The summed E-state index contributed by atoms with van der Waals surface area (Å²) in [6, 6.07) is 13.3. The molecule has 3 aromatic heterocycles. The van der Waals surface area contributed by atoms with Crippen LogP contribution in [0.3, 0.4) is 0 Å². The highest BCUT2D eigenvalue weighted by molar-refractivity contribution is 7.18. The summed E-state index contributed by atoms with van der Waals surface area (Å²) < 4.78 is 50.0. The lowest BCUT2D eigenvalue weighted by Crippen LogP contribution is -2.44. The zero-order chi connectivity index (χ0) is 22.0. The van der Waals surface area contributed by atoms with Crippen LogP contribution >= 0.6 is 11.3 Å². The molecule has 158 valence electrons. The van der Waals surface area contributed by atoms with Gasteiger partial charge in [0.05, 0.1) is 21.5 Å². The van der Waals surface area contributed by atoms with Crippen molar-refractivity contribution in [3.05, 3.63) is 64.8 Å². The van der Waals surface area contributed by atoms with E-state index in [0.717, 1.165) is 16.0 Å². The van der Waals surface area contributed by atoms with E-state index in [1.165, 1.54) is 6.92 Å². The van der Waals surface area contributed by atoms with Gasteiger partial charge in [0.25, 0.3) is 0 Å². The Balaban J connectivity index is 1.74. The van der Waals surface area contributed by atoms with Gasteiger partial charge in [-0.2, -0.15) is 27.9 Å². The molecule has 0 amide bonds. The summed E-state index contributed by atoms with van der Waals surface area (Å²) in [6.07, 6.45) is -5.12. The fourth-order valence-corrected chi connectivity index (χ4v) is 4.57. The largest absolute Gasteiger partial charge is 0.428 e. The SMILES string of the molecule is Cc1nn(-c2nc3ccccc3o2)c(N)c1[C@@](O)(c1nc2ccccc2s1)C(F)(F)F. The van der Waals surface area contributed by atoms with Crippen molar-refractivity contribution in [1.29, 1.82) is 0 Å². The molecule has 3 heterocycles. The number of nitrogens with two attached hydrogens (primary N) is 1. The average Bonchev–Trinajstić information content (AvgIpc) is 3.41. The predicted octanol–water partition coefficient (Wildman–Crippen LogP) is 4.31. The number of halogens is 3. The molecule has 0 radical (unpaired) electrons. The summed E-state index contributed by atoms with van der Waals surface area (Å²) >= 11 is 0.739. The number of aromatic nitrogens is 4. The number of nitrogen functional groups attached to an aromatic ring is 1. The number of benzene rings is 2. The first kappa shape index (κ1) is 19.5. The summed E-state index contributed by atoms with van der Waals surface area (Å²) in [7, 11) is 0. The third-order valence-electron chi connectivity index (χ3n) is 4.94. The lowest BCUT2D eigenvalue weighted by Gasteiger charge is -2.28. The molecule has 0 spiro atoms. The van der Waals surface area contributed by atoms with Gasteiger partial charge in [-0.05, 0) is 31.2 Å². The van der Waals surface area contributed by atoms with Gasteiger partial charge >= 0.3 is 12.2 Å². The Morgan fingerprint density at radius 3 is 2.39 bits per heavy atom. The number of oxazole rings is 1. The number of aryl methyl sites for hydroxylation is 1. The molecule has 3 N–H and O–H groups in total. The van der Waals surface area contributed by atoms with E-state index in [4.69, 9.17) is 10.2 Å². The molecule has 0 bridgehead atoms. The van der Waals surface area contributed by atoms with E-state index >= 15 is 0 Å². The molecule has 7 nitrogen and oxygen atoms in total. The number of hydrogen-bond acceptors (Lipinski definition) is 7. The maximum Gasteiger partial charge on any atom is 0.428 e. The molecule has 31 heavy (non-hydrogen) atoms. The van der Waals surface area contributed by atoms with Crippen molar-refractivity contribution in [3.63, 3.8) is 0 Å². The lowest BCUT2D eigenvalue weighted by atomic mass is 9.93. The van der Waals surface area contributed by atoms with Crippen molar-refractivity contribution in [2.24, 2.45) is 0 Å². The highest BCUT2D eigenvalue weighted by Gasteiger charge is 2.61. The summed E-state index contributed by atoms with van der Waals surface area (Å²) in [6.45, 7) is 1.33. The fourth-order valence-electron chi connectivity index (χ4n) is 3.49. The minimum absolute atomic E-state index is 0.109. The molecular formula is C20H14F3N5O2S. The Labute approximate surface area is 176 Å². The van der Waals surface area contributed by atoms with E-state index < -0.39 is 28.2 Å². The van der Waals surface area contributed by atoms with E-state index in [2.05, 4.69) is 15.1 Å². The molecule has 11 heteroatoms. The Kier molecular flexibility index (Phi) is 4.11. The van der Waals surface area contributed by atoms with Gasteiger partial charge in [-0.3, -0.25) is 0 Å². The number of rotatable bonds is 3. The maximum atomic E-state index is 14.3. The third kappa shape index (κ3) is 2.81. The average molecular weight is 445 g/mol. The van der Waals surface area contributed by atoms with Crippen LogP contribution in [-0.4, -0.2) is 31.0 Å². The van der Waals surface area contributed by atoms with Crippen molar-refractivity contribution in [2.75, 3.05) is 5.73 Å². The van der Waals surface area contributed by atoms with Crippen LogP contribution < -0.4 is 5.73 Å². The van der Waals surface area contributed by atoms with Crippen LogP contribution in [0.15, 0.2) is 52.9 Å². The summed E-state index contributed by atoms with van der Waals surface area (Å²) in [4.78, 5) is 8.27. The minimum atomic E-state index is -5.12. The van der Waals surface area contributed by atoms with Crippen molar-refractivity contribution in [2.45, 2.75) is 18.7 Å². The highest BCUT2D eigenvalue weighted by Crippen LogP contribution is 2.49. The van der Waals surface area contributed by atoms with Crippen molar-refractivity contribution < 1.29 is 22.7 Å². The standard InChI is InChI=1S/C20H14F3N5O2S/c1-10-15(16(24)28(27-10)18-26-11-6-2-4-8-13(11)30-18)19(29,20(21,22)23)17-25-12-7-3-5-9-14(12)31-17/h2-9,29H,24H2,1H3/t19-/m1/s1. The maximum absolute atomic E-state index is 14.3. The monoisotopic (exact) mass is 445 g/mol. The number of hydrogen-bond donors (Lipinski definition) is 2. The first-order chi connectivity index (χ1) is 14.7. The second kappa shape index (κ2) is 6.53. The Hall–Kier alpha value is -3.44. The smallest absolute Gasteiger partial charge is 0.422 e. The van der Waals surface area contributed by atoms with Gasteiger partial charge in [0.1, 0.15) is 16.3 Å². The van der Waals surface area contributed by atoms with Crippen molar-refractivity contribution >= 4 is 38.5 Å². The van der Waals surface area contributed by atoms with Gasteiger partial charge in [-0.25, -0.2) is 4.98 Å². The van der Waals surface area contributed by atoms with Crippen LogP contribution in [0.5, 0.6) is 0 Å². The fraction of sp³-hybridized carbons (Fsp3) is 0.150. The van der Waals surface area contributed by atoms with Gasteiger partial charge < -0.3 is 15.3 Å². The Bertz CT molecular complexity index is 1370. The molecule has 2 aromatic carbocycles. The molecule has 0 fully saturated rings. The van der Waals surface area contributed by atoms with Crippen LogP contribution in [0.2, 0.25) is 0 Å². The van der Waals surface area contributed by atoms with Gasteiger partial charge in [0, 0.05) is 0 Å². The van der Waals surface area contributed by atoms with Gasteiger partial charge in [0.2, 0.25) is 5.60 Å². The zero-order valence-corrected chi connectivity index (χ0v) is 16.7. The molecule has 5 aromatic rings. The number of para-hydroxylation sites is 3. The molecule has 5 rings (SSSR count). The number of thiazole rings is 1. The second-order valence-electron chi connectivity index (χ2n) is 6.92. The van der Waals surface area contributed by atoms with E-state index in [0.29, 0.717) is 21.3 Å². The zero-order valence-electron chi connectivity index (χ0n) is 15.9. The van der Waals surface area contributed by atoms with E-state index in [1.807, 2.05) is 0 Å². The Morgan fingerprint density at radius 1 is 1.03 bits per heavy atom. The van der Waals surface area contributed by atoms with E-state index in [1.54, 1.807) is 48.5 Å². The van der Waals surface area contributed by atoms with Crippen LogP contribution in [0.1, 0.15) is 16.3 Å². The number of anilines is 1.